The highest BCUT2D eigenvalue weighted by atomic mass is 16.1. The molecule has 13 heavy (non-hydrogen) atoms. The van der Waals surface area contributed by atoms with Gasteiger partial charge in [-0.2, -0.15) is 0 Å². The molecule has 0 aliphatic carbocycles. The summed E-state index contributed by atoms with van der Waals surface area (Å²) in [4.78, 5) is 18.8. The molecule has 2 N–H and O–H groups in total. The molecule has 0 bridgehead atoms. The number of nitrogen functional groups attached to an aromatic ring is 1. The van der Waals surface area contributed by atoms with Crippen LogP contribution in [0.3, 0.4) is 0 Å². The lowest BCUT2D eigenvalue weighted by molar-refractivity contribution is -0.116. The maximum absolute atomic E-state index is 10.7. The lowest BCUT2D eigenvalue weighted by Gasteiger charge is -2.01. The SMILES string of the molecule is CC(=O)CCc1cc(N)nc(C)n1. The van der Waals surface area contributed by atoms with Gasteiger partial charge in [0.15, 0.2) is 0 Å². The number of nitrogens with two attached hydrogens (primary N) is 1. The fourth-order valence-corrected chi connectivity index (χ4v) is 1.09. The second kappa shape index (κ2) is 3.98. The Labute approximate surface area is 77.2 Å². The monoisotopic (exact) mass is 179 g/mol. The molecule has 1 aromatic rings. The number of hydrogen-bond acceptors (Lipinski definition) is 4. The van der Waals surface area contributed by atoms with Gasteiger partial charge < -0.3 is 10.5 Å². The molecule has 0 aliphatic rings. The van der Waals surface area contributed by atoms with Crippen molar-refractivity contribution < 1.29 is 4.79 Å². The summed E-state index contributed by atoms with van der Waals surface area (Å²) in [7, 11) is 0. The lowest BCUT2D eigenvalue weighted by Crippen LogP contribution is -2.02. The second-order valence-corrected chi connectivity index (χ2v) is 3.03. The van der Waals surface area contributed by atoms with Crippen LogP contribution >= 0.6 is 0 Å². The van der Waals surface area contributed by atoms with E-state index in [1.54, 1.807) is 19.9 Å². The Morgan fingerprint density at radius 2 is 2.23 bits per heavy atom. The predicted octanol–water partition coefficient (Wildman–Crippen LogP) is 0.889. The number of Topliss-reactive ketones (excluding diaryl/α,β-unsaturated/α-hetero) is 1. The molecule has 0 amide bonds. The van der Waals surface area contributed by atoms with Crippen molar-refractivity contribution in [2.75, 3.05) is 5.73 Å². The summed E-state index contributed by atoms with van der Waals surface area (Å²) in [5.74, 6) is 1.28. The number of carbonyl (C=O) groups is 1. The summed E-state index contributed by atoms with van der Waals surface area (Å²) >= 11 is 0. The van der Waals surface area contributed by atoms with Gasteiger partial charge in [-0.15, -0.1) is 0 Å². The number of nitrogens with zero attached hydrogens (tertiary/aromatic N) is 2. The Hall–Kier alpha value is -1.45. The minimum atomic E-state index is 0.162. The van der Waals surface area contributed by atoms with Gasteiger partial charge in [-0.05, 0) is 20.3 Å². The van der Waals surface area contributed by atoms with Crippen LogP contribution in [0, 0.1) is 6.92 Å². The van der Waals surface area contributed by atoms with Crippen molar-refractivity contribution in [3.63, 3.8) is 0 Å². The molecule has 0 radical (unpaired) electrons. The van der Waals surface area contributed by atoms with Crippen LogP contribution < -0.4 is 5.73 Å². The van der Waals surface area contributed by atoms with Crippen LogP contribution in [0.4, 0.5) is 5.82 Å². The molecule has 70 valence electrons. The quantitative estimate of drug-likeness (QED) is 0.748. The van der Waals surface area contributed by atoms with E-state index in [0.29, 0.717) is 24.5 Å². The van der Waals surface area contributed by atoms with Crippen molar-refractivity contribution in [1.82, 2.24) is 9.97 Å². The fourth-order valence-electron chi connectivity index (χ4n) is 1.09. The second-order valence-electron chi connectivity index (χ2n) is 3.03. The highest BCUT2D eigenvalue weighted by Crippen LogP contribution is 2.05. The molecule has 0 unspecified atom stereocenters. The molecule has 0 saturated heterocycles. The molecule has 4 heteroatoms. The maximum atomic E-state index is 10.7. The molecule has 0 aromatic carbocycles. The third-order valence-electron chi connectivity index (χ3n) is 1.64. The highest BCUT2D eigenvalue weighted by Gasteiger charge is 2.00. The summed E-state index contributed by atoms with van der Waals surface area (Å²) in [5, 5.41) is 0. The Balaban J connectivity index is 2.71. The van der Waals surface area contributed by atoms with Crippen LogP contribution in [0.5, 0.6) is 0 Å². The molecule has 1 rings (SSSR count). The Morgan fingerprint density at radius 1 is 1.54 bits per heavy atom. The standard InChI is InChI=1S/C9H13N3O/c1-6(13)3-4-8-5-9(10)12-7(2)11-8/h5H,3-4H2,1-2H3,(H2,10,11,12). The van der Waals surface area contributed by atoms with Gasteiger partial charge in [-0.25, -0.2) is 9.97 Å². The van der Waals surface area contributed by atoms with Gasteiger partial charge in [0.25, 0.3) is 0 Å². The fraction of sp³-hybridized carbons (Fsp3) is 0.444. The summed E-state index contributed by atoms with van der Waals surface area (Å²) in [6.45, 7) is 3.35. The van der Waals surface area contributed by atoms with Crippen LogP contribution in [-0.4, -0.2) is 15.8 Å². The smallest absolute Gasteiger partial charge is 0.130 e. The summed E-state index contributed by atoms with van der Waals surface area (Å²) < 4.78 is 0. The first kappa shape index (κ1) is 9.64. The van der Waals surface area contributed by atoms with Crippen LogP contribution in [0.1, 0.15) is 24.9 Å². The average molecular weight is 179 g/mol. The number of rotatable bonds is 3. The van der Waals surface area contributed by atoms with E-state index in [-0.39, 0.29) is 5.78 Å². The van der Waals surface area contributed by atoms with E-state index in [2.05, 4.69) is 9.97 Å². The number of hydrogen-bond donors (Lipinski definition) is 1. The van der Waals surface area contributed by atoms with Gasteiger partial charge in [0.1, 0.15) is 17.4 Å². The van der Waals surface area contributed by atoms with E-state index in [1.807, 2.05) is 0 Å². The Morgan fingerprint density at radius 3 is 2.77 bits per heavy atom. The van der Waals surface area contributed by atoms with Crippen molar-refractivity contribution in [1.29, 1.82) is 0 Å². The Bertz CT molecular complexity index is 302. The topological polar surface area (TPSA) is 68.9 Å². The largest absolute Gasteiger partial charge is 0.384 e. The third-order valence-corrected chi connectivity index (χ3v) is 1.64. The number of carbonyl (C=O) groups excluding carboxylic acids is 1. The van der Waals surface area contributed by atoms with Crippen LogP contribution in [0.2, 0.25) is 0 Å². The summed E-state index contributed by atoms with van der Waals surface area (Å²) in [5.41, 5.74) is 6.36. The van der Waals surface area contributed by atoms with Crippen molar-refractivity contribution in [3.05, 3.63) is 17.6 Å². The van der Waals surface area contributed by atoms with Gasteiger partial charge in [0.05, 0.1) is 0 Å². The average Bonchev–Trinajstić information content (AvgIpc) is 1.99. The van der Waals surface area contributed by atoms with Crippen molar-refractivity contribution in [3.8, 4) is 0 Å². The Kier molecular flexibility index (Phi) is 2.95. The van der Waals surface area contributed by atoms with E-state index in [0.717, 1.165) is 5.69 Å². The van der Waals surface area contributed by atoms with E-state index >= 15 is 0 Å². The minimum Gasteiger partial charge on any atom is -0.384 e. The van der Waals surface area contributed by atoms with Crippen molar-refractivity contribution >= 4 is 11.6 Å². The molecular weight excluding hydrogens is 166 g/mol. The zero-order valence-corrected chi connectivity index (χ0v) is 7.87. The van der Waals surface area contributed by atoms with E-state index in [4.69, 9.17) is 5.73 Å². The first-order valence-corrected chi connectivity index (χ1v) is 4.17. The molecule has 0 aliphatic heterocycles. The molecule has 1 heterocycles. The lowest BCUT2D eigenvalue weighted by atomic mass is 10.2. The normalized spacial score (nSPS) is 10.0. The van der Waals surface area contributed by atoms with Crippen LogP contribution in [0.25, 0.3) is 0 Å². The van der Waals surface area contributed by atoms with Crippen molar-refractivity contribution in [2.45, 2.75) is 26.7 Å². The summed E-state index contributed by atoms with van der Waals surface area (Å²) in [6, 6.07) is 1.70. The molecule has 0 saturated carbocycles. The van der Waals surface area contributed by atoms with Gasteiger partial charge in [-0.1, -0.05) is 0 Å². The first-order chi connectivity index (χ1) is 6.08. The molecule has 1 aromatic heterocycles. The third kappa shape index (κ3) is 3.19. The summed E-state index contributed by atoms with van der Waals surface area (Å²) in [6.07, 6.45) is 1.15. The van der Waals surface area contributed by atoms with Crippen LogP contribution in [0.15, 0.2) is 6.07 Å². The van der Waals surface area contributed by atoms with Gasteiger partial charge in [0, 0.05) is 18.2 Å². The highest BCUT2D eigenvalue weighted by molar-refractivity contribution is 5.75. The van der Waals surface area contributed by atoms with Gasteiger partial charge in [-0.3, -0.25) is 0 Å². The zero-order chi connectivity index (χ0) is 9.84. The minimum absolute atomic E-state index is 0.162. The van der Waals surface area contributed by atoms with E-state index < -0.39 is 0 Å². The molecule has 0 spiro atoms. The molecule has 4 nitrogen and oxygen atoms in total. The van der Waals surface area contributed by atoms with Crippen LogP contribution in [-0.2, 0) is 11.2 Å². The number of anilines is 1. The number of ketones is 1. The molecule has 0 atom stereocenters. The van der Waals surface area contributed by atoms with E-state index in [1.165, 1.54) is 0 Å². The first-order valence-electron chi connectivity index (χ1n) is 4.17. The molecule has 0 fully saturated rings. The van der Waals surface area contributed by atoms with E-state index in [9.17, 15) is 4.79 Å². The zero-order valence-electron chi connectivity index (χ0n) is 7.87. The van der Waals surface area contributed by atoms with Crippen molar-refractivity contribution in [2.24, 2.45) is 0 Å². The molecular formula is C9H13N3O. The van der Waals surface area contributed by atoms with Gasteiger partial charge >= 0.3 is 0 Å². The maximum Gasteiger partial charge on any atom is 0.130 e. The number of aromatic nitrogens is 2. The van der Waals surface area contributed by atoms with Gasteiger partial charge in [0.2, 0.25) is 0 Å². The number of aryl methyl sites for hydroxylation is 2. The predicted molar refractivity (Wildman–Crippen MR) is 50.2 cm³/mol.